The summed E-state index contributed by atoms with van der Waals surface area (Å²) in [5.74, 6) is 0. The number of hydrogen-bond acceptors (Lipinski definition) is 3. The fourth-order valence-corrected chi connectivity index (χ4v) is 1.62. The van der Waals surface area contributed by atoms with Crippen LogP contribution in [0.1, 0.15) is 4.88 Å². The second-order valence-corrected chi connectivity index (χ2v) is 3.35. The van der Waals surface area contributed by atoms with Crippen LogP contribution in [0.25, 0.3) is 0 Å². The lowest BCUT2D eigenvalue weighted by Gasteiger charge is -1.84. The summed E-state index contributed by atoms with van der Waals surface area (Å²) in [6.45, 7) is 1.65. The first-order valence-corrected chi connectivity index (χ1v) is 3.88. The first kappa shape index (κ1) is 8.40. The van der Waals surface area contributed by atoms with Crippen LogP contribution in [-0.4, -0.2) is 6.08 Å². The summed E-state index contributed by atoms with van der Waals surface area (Å²) in [6, 6.07) is 0. The predicted molar refractivity (Wildman–Crippen MR) is 41.8 cm³/mol. The Hall–Kier alpha value is -0.700. The van der Waals surface area contributed by atoms with E-state index in [0.717, 1.165) is 11.3 Å². The van der Waals surface area contributed by atoms with Crippen LogP contribution in [0.2, 0.25) is 5.02 Å². The third-order valence-electron chi connectivity index (χ3n) is 1.10. The second kappa shape index (κ2) is 3.13. The second-order valence-electron chi connectivity index (χ2n) is 1.80. The van der Waals surface area contributed by atoms with Crippen LogP contribution in [0.4, 0.5) is 10.1 Å². The van der Waals surface area contributed by atoms with E-state index in [1.165, 1.54) is 6.08 Å². The minimum atomic E-state index is -0.546. The van der Waals surface area contributed by atoms with Gasteiger partial charge in [-0.05, 0) is 6.92 Å². The van der Waals surface area contributed by atoms with E-state index in [2.05, 4.69) is 4.99 Å². The molecule has 0 spiro atoms. The molecule has 0 atom stereocenters. The zero-order chi connectivity index (χ0) is 8.43. The summed E-state index contributed by atoms with van der Waals surface area (Å²) < 4.78 is 12.7. The molecule has 0 amide bonds. The van der Waals surface area contributed by atoms with Gasteiger partial charge in [-0.15, -0.1) is 11.3 Å². The summed E-state index contributed by atoms with van der Waals surface area (Å²) in [5.41, 5.74) is -0.107. The van der Waals surface area contributed by atoms with Crippen molar-refractivity contribution in [2.24, 2.45) is 4.99 Å². The van der Waals surface area contributed by atoms with Crippen LogP contribution in [0.5, 0.6) is 0 Å². The van der Waals surface area contributed by atoms with E-state index in [0.29, 0.717) is 4.88 Å². The van der Waals surface area contributed by atoms with Crippen molar-refractivity contribution in [3.8, 4) is 0 Å². The van der Waals surface area contributed by atoms with E-state index in [1.54, 1.807) is 6.92 Å². The number of halogens is 2. The van der Waals surface area contributed by atoms with E-state index in [-0.39, 0.29) is 10.7 Å². The molecule has 0 aliphatic rings. The fraction of sp³-hybridized carbons (Fsp3) is 0.167. The molecule has 1 aromatic rings. The Morgan fingerprint density at radius 3 is 2.73 bits per heavy atom. The van der Waals surface area contributed by atoms with Gasteiger partial charge in [0.25, 0.3) is 0 Å². The van der Waals surface area contributed by atoms with Gasteiger partial charge in [0, 0.05) is 4.88 Å². The third kappa shape index (κ3) is 1.48. The van der Waals surface area contributed by atoms with E-state index >= 15 is 0 Å². The number of nitrogens with zero attached hydrogens (tertiary/aromatic N) is 1. The van der Waals surface area contributed by atoms with Crippen molar-refractivity contribution in [2.45, 2.75) is 6.92 Å². The molecule has 5 heteroatoms. The molecule has 2 nitrogen and oxygen atoms in total. The molecule has 0 fully saturated rings. The van der Waals surface area contributed by atoms with Gasteiger partial charge in [-0.1, -0.05) is 11.6 Å². The topological polar surface area (TPSA) is 29.4 Å². The Labute approximate surface area is 71.3 Å². The molecule has 1 heterocycles. The van der Waals surface area contributed by atoms with Crippen LogP contribution in [0.15, 0.2) is 4.99 Å². The summed E-state index contributed by atoms with van der Waals surface area (Å²) in [5, 5.41) is -0.355. The minimum absolute atomic E-state index is 0.107. The molecular weight excluding hydrogens is 189 g/mol. The maximum Gasteiger partial charge on any atom is 0.240 e. The molecule has 0 aromatic carbocycles. The lowest BCUT2D eigenvalue weighted by atomic mass is 10.4. The van der Waals surface area contributed by atoms with Gasteiger partial charge in [0.15, 0.2) is 0 Å². The Kier molecular flexibility index (Phi) is 2.39. The maximum absolute atomic E-state index is 12.7. The summed E-state index contributed by atoms with van der Waals surface area (Å²) >= 11 is 6.46. The van der Waals surface area contributed by atoms with Crippen molar-refractivity contribution in [1.29, 1.82) is 0 Å². The van der Waals surface area contributed by atoms with Crippen LogP contribution in [0.3, 0.4) is 0 Å². The molecule has 0 aliphatic carbocycles. The predicted octanol–water partition coefficient (Wildman–Crippen LogP) is 2.82. The zero-order valence-corrected chi connectivity index (χ0v) is 7.09. The van der Waals surface area contributed by atoms with Crippen molar-refractivity contribution in [3.05, 3.63) is 15.0 Å². The monoisotopic (exact) mass is 191 g/mol. The first-order valence-electron chi connectivity index (χ1n) is 2.69. The number of hydrogen-bond donors (Lipinski definition) is 0. The van der Waals surface area contributed by atoms with E-state index in [9.17, 15) is 9.18 Å². The number of rotatable bonds is 1. The summed E-state index contributed by atoms with van der Waals surface area (Å²) in [7, 11) is 0. The first-order chi connectivity index (χ1) is 5.16. The van der Waals surface area contributed by atoms with Gasteiger partial charge in [-0.2, -0.15) is 9.38 Å². The fourth-order valence-electron chi connectivity index (χ4n) is 0.619. The van der Waals surface area contributed by atoms with Gasteiger partial charge in [-0.3, -0.25) is 0 Å². The normalized spacial score (nSPS) is 9.36. The highest BCUT2D eigenvalue weighted by atomic mass is 35.5. The minimum Gasteiger partial charge on any atom is -0.211 e. The van der Waals surface area contributed by atoms with Crippen LogP contribution < -0.4 is 0 Å². The van der Waals surface area contributed by atoms with Gasteiger partial charge < -0.3 is 0 Å². The summed E-state index contributed by atoms with van der Waals surface area (Å²) in [6.07, 6.45) is 1.24. The van der Waals surface area contributed by atoms with Gasteiger partial charge in [0.1, 0.15) is 5.69 Å². The van der Waals surface area contributed by atoms with Crippen molar-refractivity contribution in [2.75, 3.05) is 0 Å². The smallest absolute Gasteiger partial charge is 0.211 e. The molecular formula is C6H3ClFNOS. The molecule has 1 rings (SSSR count). The quantitative estimate of drug-likeness (QED) is 0.496. The Morgan fingerprint density at radius 2 is 2.36 bits per heavy atom. The highest BCUT2D eigenvalue weighted by Crippen LogP contribution is 2.37. The van der Waals surface area contributed by atoms with Gasteiger partial charge in [0.2, 0.25) is 11.2 Å². The van der Waals surface area contributed by atoms with E-state index in [4.69, 9.17) is 11.6 Å². The third-order valence-corrected chi connectivity index (χ3v) is 2.56. The average molecular weight is 192 g/mol. The molecule has 58 valence electrons. The van der Waals surface area contributed by atoms with Gasteiger partial charge in [0.05, 0.1) is 5.02 Å². The molecule has 0 bridgehead atoms. The van der Waals surface area contributed by atoms with E-state index < -0.39 is 5.13 Å². The molecule has 0 saturated heterocycles. The number of aryl methyl sites for hydroxylation is 1. The molecule has 0 aliphatic heterocycles. The molecule has 11 heavy (non-hydrogen) atoms. The molecule has 0 radical (unpaired) electrons. The lowest BCUT2D eigenvalue weighted by molar-refractivity contribution is 0.564. The number of aliphatic imine (C=N–C) groups is 1. The zero-order valence-electron chi connectivity index (χ0n) is 5.52. The van der Waals surface area contributed by atoms with E-state index in [1.807, 2.05) is 0 Å². The largest absolute Gasteiger partial charge is 0.240 e. The van der Waals surface area contributed by atoms with Crippen molar-refractivity contribution < 1.29 is 9.18 Å². The summed E-state index contributed by atoms with van der Waals surface area (Å²) in [4.78, 5) is 13.5. The van der Waals surface area contributed by atoms with Crippen molar-refractivity contribution in [1.82, 2.24) is 0 Å². The van der Waals surface area contributed by atoms with Crippen LogP contribution in [-0.2, 0) is 4.79 Å². The molecule has 0 unspecified atom stereocenters. The number of thiophene rings is 1. The Balaban J connectivity index is 3.33. The molecule has 0 N–H and O–H groups in total. The van der Waals surface area contributed by atoms with Gasteiger partial charge in [-0.25, -0.2) is 4.79 Å². The lowest BCUT2D eigenvalue weighted by Crippen LogP contribution is -1.63. The number of carbonyl (C=O) groups excluding carboxylic acids is 1. The van der Waals surface area contributed by atoms with Crippen LogP contribution >= 0.6 is 22.9 Å². The van der Waals surface area contributed by atoms with Crippen LogP contribution in [0, 0.1) is 12.1 Å². The highest BCUT2D eigenvalue weighted by molar-refractivity contribution is 7.11. The van der Waals surface area contributed by atoms with Gasteiger partial charge >= 0.3 is 0 Å². The van der Waals surface area contributed by atoms with Crippen molar-refractivity contribution >= 4 is 34.7 Å². The number of isocyanates is 1. The molecule has 1 aromatic heterocycles. The average Bonchev–Trinajstić information content (AvgIpc) is 2.17. The Morgan fingerprint density at radius 1 is 1.73 bits per heavy atom. The maximum atomic E-state index is 12.7. The standard InChI is InChI=1S/C6H3ClFNOS/c1-3-4(7)5(9-2-10)6(8)11-3/h1H3. The highest BCUT2D eigenvalue weighted by Gasteiger charge is 2.12. The SMILES string of the molecule is Cc1sc(F)c(N=C=O)c1Cl. The molecule has 0 saturated carbocycles. The van der Waals surface area contributed by atoms with Crippen molar-refractivity contribution in [3.63, 3.8) is 0 Å². The Bertz CT molecular complexity index is 330.